The second-order valence-corrected chi connectivity index (χ2v) is 9.01. The van der Waals surface area contributed by atoms with Crippen LogP contribution in [0, 0.1) is 6.92 Å². The van der Waals surface area contributed by atoms with Crippen molar-refractivity contribution in [3.8, 4) is 45.3 Å². The molecule has 8 rings (SSSR count). The summed E-state index contributed by atoms with van der Waals surface area (Å²) >= 11 is 0. The number of fused-ring (bicyclic) bond motifs is 8. The molecule has 0 spiro atoms. The molecule has 6 aromatic rings. The number of benzene rings is 6. The van der Waals surface area contributed by atoms with Crippen LogP contribution >= 0.6 is 0 Å². The van der Waals surface area contributed by atoms with E-state index in [2.05, 4.69) is 97.9 Å². The lowest BCUT2D eigenvalue weighted by molar-refractivity contribution is 0.476. The first-order chi connectivity index (χ1) is 16.3. The molecule has 154 valence electrons. The van der Waals surface area contributed by atoms with Crippen molar-refractivity contribution in [2.24, 2.45) is 0 Å². The molecule has 0 amide bonds. The van der Waals surface area contributed by atoms with Crippen LogP contribution < -0.4 is 9.47 Å². The molecule has 2 aliphatic rings. The first kappa shape index (κ1) is 17.3. The Hall–Kier alpha value is -4.30. The average Bonchev–Trinajstić information content (AvgIpc) is 2.85. The molecule has 6 aromatic carbocycles. The zero-order valence-corrected chi connectivity index (χ0v) is 18.0. The van der Waals surface area contributed by atoms with Gasteiger partial charge in [-0.05, 0) is 64.9 Å². The van der Waals surface area contributed by atoms with E-state index < -0.39 is 0 Å². The topological polar surface area (TPSA) is 18.5 Å². The molecule has 0 bridgehead atoms. The fraction of sp³-hybridized carbons (Fsp3) is 0.0323. The monoisotopic (exact) mass is 422 g/mol. The van der Waals surface area contributed by atoms with Crippen LogP contribution in [-0.4, -0.2) is 0 Å². The van der Waals surface area contributed by atoms with Crippen LogP contribution in [0.4, 0.5) is 0 Å². The second-order valence-electron chi connectivity index (χ2n) is 9.01. The SMILES string of the molecule is Cc1ccc2c(c1)-c1c3ccccc3c3c4c(ccc(c14)O2)Oc1cc2ccccc2cc1-3. The van der Waals surface area contributed by atoms with E-state index in [1.807, 2.05) is 0 Å². The first-order valence-corrected chi connectivity index (χ1v) is 11.3. The summed E-state index contributed by atoms with van der Waals surface area (Å²) < 4.78 is 13.0. The molecular weight excluding hydrogens is 404 g/mol. The lowest BCUT2D eigenvalue weighted by atomic mass is 9.82. The van der Waals surface area contributed by atoms with Gasteiger partial charge in [-0.25, -0.2) is 0 Å². The minimum atomic E-state index is 0.887. The summed E-state index contributed by atoms with van der Waals surface area (Å²) in [7, 11) is 0. The molecule has 2 aliphatic heterocycles. The Labute approximate surface area is 190 Å². The van der Waals surface area contributed by atoms with Crippen LogP contribution in [0.1, 0.15) is 5.56 Å². The molecule has 0 fully saturated rings. The third-order valence-electron chi connectivity index (χ3n) is 7.06. The number of hydrogen-bond donors (Lipinski definition) is 0. The Morgan fingerprint density at radius 1 is 0.485 bits per heavy atom. The fourth-order valence-corrected chi connectivity index (χ4v) is 5.64. The van der Waals surface area contributed by atoms with Crippen LogP contribution in [0.3, 0.4) is 0 Å². The second kappa shape index (κ2) is 5.93. The number of rotatable bonds is 0. The summed E-state index contributed by atoms with van der Waals surface area (Å²) in [6, 6.07) is 32.2. The molecule has 33 heavy (non-hydrogen) atoms. The summed E-state index contributed by atoms with van der Waals surface area (Å²) in [5.41, 5.74) is 5.97. The van der Waals surface area contributed by atoms with Crippen molar-refractivity contribution in [3.63, 3.8) is 0 Å². The molecule has 2 heterocycles. The number of aryl methyl sites for hydroxylation is 1. The van der Waals surface area contributed by atoms with Gasteiger partial charge in [-0.2, -0.15) is 0 Å². The molecule has 0 N–H and O–H groups in total. The lowest BCUT2D eigenvalue weighted by Gasteiger charge is -2.29. The third-order valence-corrected chi connectivity index (χ3v) is 7.06. The van der Waals surface area contributed by atoms with Gasteiger partial charge in [-0.15, -0.1) is 0 Å². The van der Waals surface area contributed by atoms with E-state index in [4.69, 9.17) is 9.47 Å². The zero-order chi connectivity index (χ0) is 21.7. The summed E-state index contributed by atoms with van der Waals surface area (Å²) in [4.78, 5) is 0. The van der Waals surface area contributed by atoms with Gasteiger partial charge in [0, 0.05) is 33.0 Å². The fourth-order valence-electron chi connectivity index (χ4n) is 5.64. The molecule has 0 atom stereocenters. The van der Waals surface area contributed by atoms with Gasteiger partial charge in [0.15, 0.2) is 0 Å². The third kappa shape index (κ3) is 2.18. The van der Waals surface area contributed by atoms with E-state index in [-0.39, 0.29) is 0 Å². The predicted octanol–water partition coefficient (Wildman–Crippen LogP) is 9.00. The minimum absolute atomic E-state index is 0.887. The van der Waals surface area contributed by atoms with E-state index in [9.17, 15) is 0 Å². The van der Waals surface area contributed by atoms with Crippen LogP contribution in [0.2, 0.25) is 0 Å². The van der Waals surface area contributed by atoms with Crippen molar-refractivity contribution in [1.29, 1.82) is 0 Å². The minimum Gasteiger partial charge on any atom is -0.456 e. The highest BCUT2D eigenvalue weighted by Crippen LogP contribution is 2.58. The van der Waals surface area contributed by atoms with Gasteiger partial charge in [-0.1, -0.05) is 60.2 Å². The van der Waals surface area contributed by atoms with Gasteiger partial charge in [0.05, 0.1) is 0 Å². The van der Waals surface area contributed by atoms with E-state index in [1.54, 1.807) is 0 Å². The van der Waals surface area contributed by atoms with Crippen molar-refractivity contribution in [3.05, 3.63) is 96.6 Å². The van der Waals surface area contributed by atoms with Gasteiger partial charge in [-0.3, -0.25) is 0 Å². The van der Waals surface area contributed by atoms with E-state index in [0.29, 0.717) is 0 Å². The summed E-state index contributed by atoms with van der Waals surface area (Å²) in [6.07, 6.45) is 0. The van der Waals surface area contributed by atoms with Crippen molar-refractivity contribution < 1.29 is 9.47 Å². The summed E-state index contributed by atoms with van der Waals surface area (Å²) in [6.45, 7) is 2.13. The van der Waals surface area contributed by atoms with Gasteiger partial charge in [0.2, 0.25) is 0 Å². The maximum Gasteiger partial charge on any atom is 0.136 e. The highest BCUT2D eigenvalue weighted by atomic mass is 16.5. The number of hydrogen-bond acceptors (Lipinski definition) is 2. The molecular formula is C31H18O2. The van der Waals surface area contributed by atoms with Crippen molar-refractivity contribution in [2.75, 3.05) is 0 Å². The quantitative estimate of drug-likeness (QED) is 0.227. The number of ether oxygens (including phenoxy) is 2. The Kier molecular flexibility index (Phi) is 3.11. The highest BCUT2D eigenvalue weighted by Gasteiger charge is 2.31. The molecule has 0 radical (unpaired) electrons. The smallest absolute Gasteiger partial charge is 0.136 e. The Morgan fingerprint density at radius 2 is 1.03 bits per heavy atom. The van der Waals surface area contributed by atoms with Crippen molar-refractivity contribution in [1.82, 2.24) is 0 Å². The van der Waals surface area contributed by atoms with Gasteiger partial charge >= 0.3 is 0 Å². The molecule has 0 saturated heterocycles. The lowest BCUT2D eigenvalue weighted by Crippen LogP contribution is -2.04. The van der Waals surface area contributed by atoms with Gasteiger partial charge < -0.3 is 9.47 Å². The van der Waals surface area contributed by atoms with Crippen LogP contribution in [0.5, 0.6) is 23.0 Å². The standard InChI is InChI=1S/C31H18O2/c1-17-10-11-24-22(14-17)28-20-8-4-5-9-21(20)29-23-15-18-6-2-3-7-19(18)16-27(23)33-26-13-12-25(32-24)30(28)31(26)29/h2-16H,1H3. The van der Waals surface area contributed by atoms with Crippen LogP contribution in [-0.2, 0) is 0 Å². The van der Waals surface area contributed by atoms with Crippen LogP contribution in [0.15, 0.2) is 91.0 Å². The highest BCUT2D eigenvalue weighted by molar-refractivity contribution is 6.27. The first-order valence-electron chi connectivity index (χ1n) is 11.3. The maximum atomic E-state index is 6.54. The van der Waals surface area contributed by atoms with Gasteiger partial charge in [0.25, 0.3) is 0 Å². The zero-order valence-electron chi connectivity index (χ0n) is 18.0. The largest absolute Gasteiger partial charge is 0.456 e. The molecule has 0 saturated carbocycles. The predicted molar refractivity (Wildman–Crippen MR) is 135 cm³/mol. The van der Waals surface area contributed by atoms with Crippen molar-refractivity contribution in [2.45, 2.75) is 6.92 Å². The Bertz CT molecular complexity index is 1830. The van der Waals surface area contributed by atoms with Gasteiger partial charge in [0.1, 0.15) is 23.0 Å². The Balaban J connectivity index is 1.62. The average molecular weight is 422 g/mol. The molecule has 0 unspecified atom stereocenters. The van der Waals surface area contributed by atoms with Crippen molar-refractivity contribution >= 4 is 32.3 Å². The Morgan fingerprint density at radius 3 is 1.73 bits per heavy atom. The van der Waals surface area contributed by atoms with Crippen LogP contribution in [0.25, 0.3) is 54.6 Å². The molecule has 2 heteroatoms. The summed E-state index contributed by atoms with van der Waals surface area (Å²) in [5, 5.41) is 7.16. The molecule has 0 aromatic heterocycles. The van der Waals surface area contributed by atoms with E-state index >= 15 is 0 Å². The van der Waals surface area contributed by atoms with E-state index in [0.717, 1.165) is 44.9 Å². The van der Waals surface area contributed by atoms with E-state index in [1.165, 1.54) is 38.2 Å². The maximum absolute atomic E-state index is 6.54. The molecule has 0 aliphatic carbocycles. The molecule has 2 nitrogen and oxygen atoms in total. The summed E-state index contributed by atoms with van der Waals surface area (Å²) in [5.74, 6) is 3.59. The normalized spacial score (nSPS) is 12.9.